The maximum absolute atomic E-state index is 14.7. The van der Waals surface area contributed by atoms with Crippen molar-refractivity contribution in [1.82, 2.24) is 0 Å². The van der Waals surface area contributed by atoms with E-state index in [9.17, 15) is 17.6 Å². The van der Waals surface area contributed by atoms with Gasteiger partial charge in [-0.2, -0.15) is 13.2 Å². The van der Waals surface area contributed by atoms with Crippen LogP contribution in [-0.4, -0.2) is 6.61 Å². The van der Waals surface area contributed by atoms with E-state index in [2.05, 4.69) is 23.8 Å². The van der Waals surface area contributed by atoms with E-state index in [0.29, 0.717) is 11.1 Å². The van der Waals surface area contributed by atoms with Gasteiger partial charge in [-0.15, -0.1) is 0 Å². The van der Waals surface area contributed by atoms with Crippen LogP contribution in [0.2, 0.25) is 0 Å². The van der Waals surface area contributed by atoms with Crippen LogP contribution < -0.4 is 9.47 Å². The third-order valence-corrected chi connectivity index (χ3v) is 7.73. The van der Waals surface area contributed by atoms with Gasteiger partial charge in [0, 0.05) is 5.56 Å². The molecule has 204 valence electrons. The molecule has 0 unspecified atom stereocenters. The monoisotopic (exact) mass is 528 g/mol. The fourth-order valence-corrected chi connectivity index (χ4v) is 5.45. The highest BCUT2D eigenvalue weighted by Gasteiger charge is 2.21. The summed E-state index contributed by atoms with van der Waals surface area (Å²) in [5, 5.41) is 0. The third kappa shape index (κ3) is 7.30. The Morgan fingerprint density at radius 2 is 1.45 bits per heavy atom. The number of alkyl halides is 2. The van der Waals surface area contributed by atoms with Crippen LogP contribution in [-0.2, 0) is 6.42 Å². The normalized spacial score (nSPS) is 17.6. The van der Waals surface area contributed by atoms with E-state index in [1.54, 1.807) is 6.92 Å². The number of hydrogen-bond donors (Lipinski definition) is 0. The lowest BCUT2D eigenvalue weighted by Crippen LogP contribution is -2.15. The van der Waals surface area contributed by atoms with Crippen molar-refractivity contribution in [3.63, 3.8) is 0 Å². The first-order valence-electron chi connectivity index (χ1n) is 13.6. The van der Waals surface area contributed by atoms with Crippen molar-refractivity contribution in [3.05, 3.63) is 77.4 Å². The van der Waals surface area contributed by atoms with Crippen molar-refractivity contribution in [2.24, 2.45) is 11.8 Å². The molecule has 0 atom stereocenters. The van der Waals surface area contributed by atoms with Crippen LogP contribution >= 0.6 is 0 Å². The Bertz CT molecular complexity index is 1170. The maximum atomic E-state index is 14.7. The molecule has 0 saturated heterocycles. The second-order valence-electron chi connectivity index (χ2n) is 10.4. The molecular weight excluding hydrogens is 492 g/mol. The van der Waals surface area contributed by atoms with Gasteiger partial charge in [0.25, 0.3) is 0 Å². The van der Waals surface area contributed by atoms with E-state index in [1.165, 1.54) is 87.3 Å². The number of ether oxygens (including phenoxy) is 2. The maximum Gasteiger partial charge on any atom is 0.387 e. The molecule has 38 heavy (non-hydrogen) atoms. The molecule has 1 aliphatic rings. The summed E-state index contributed by atoms with van der Waals surface area (Å²) in [7, 11) is 0. The van der Waals surface area contributed by atoms with Crippen molar-refractivity contribution >= 4 is 0 Å². The highest BCUT2D eigenvalue weighted by Crippen LogP contribution is 2.38. The minimum absolute atomic E-state index is 0.0516. The molecule has 0 radical (unpaired) electrons. The molecule has 0 N–H and O–H groups in total. The van der Waals surface area contributed by atoms with E-state index in [0.717, 1.165) is 23.8 Å². The zero-order valence-corrected chi connectivity index (χ0v) is 22.1. The molecule has 1 saturated carbocycles. The van der Waals surface area contributed by atoms with Crippen molar-refractivity contribution in [2.45, 2.75) is 78.2 Å². The van der Waals surface area contributed by atoms with Crippen LogP contribution in [0.5, 0.6) is 17.2 Å². The highest BCUT2D eigenvalue weighted by molar-refractivity contribution is 5.70. The Kier molecular flexibility index (Phi) is 9.70. The molecule has 4 rings (SSSR count). The van der Waals surface area contributed by atoms with Gasteiger partial charge in [0.2, 0.25) is 5.82 Å². The average Bonchev–Trinajstić information content (AvgIpc) is 2.92. The summed E-state index contributed by atoms with van der Waals surface area (Å²) in [5.74, 6) is -0.517. The summed E-state index contributed by atoms with van der Waals surface area (Å²) in [6.45, 7) is 0.983. The molecule has 0 spiro atoms. The molecular formula is C32H36F4O2. The number of benzene rings is 3. The number of rotatable bonds is 11. The van der Waals surface area contributed by atoms with Gasteiger partial charge in [0.15, 0.2) is 11.6 Å². The second-order valence-corrected chi connectivity index (χ2v) is 10.4. The van der Waals surface area contributed by atoms with Gasteiger partial charge in [-0.05, 0) is 78.6 Å². The molecule has 0 amide bonds. The number of aryl methyl sites for hydroxylation is 1. The lowest BCUT2D eigenvalue weighted by molar-refractivity contribution is -0.0498. The molecule has 6 heteroatoms. The summed E-state index contributed by atoms with van der Waals surface area (Å²) < 4.78 is 64.0. The molecule has 0 aromatic heterocycles. The number of unbranched alkanes of at least 4 members (excludes halogenated alkanes) is 1. The lowest BCUT2D eigenvalue weighted by Gasteiger charge is -2.28. The molecule has 1 aliphatic carbocycles. The lowest BCUT2D eigenvalue weighted by atomic mass is 9.78. The van der Waals surface area contributed by atoms with Crippen LogP contribution in [0.4, 0.5) is 17.6 Å². The minimum Gasteiger partial charge on any atom is -0.454 e. The second kappa shape index (κ2) is 13.2. The first-order valence-corrected chi connectivity index (χ1v) is 13.6. The van der Waals surface area contributed by atoms with Crippen LogP contribution in [0, 0.1) is 30.4 Å². The molecule has 3 aromatic carbocycles. The predicted octanol–water partition coefficient (Wildman–Crippen LogP) is 10.3. The predicted molar refractivity (Wildman–Crippen MR) is 143 cm³/mol. The summed E-state index contributed by atoms with van der Waals surface area (Å²) >= 11 is 0. The quantitative estimate of drug-likeness (QED) is 0.231. The van der Waals surface area contributed by atoms with Gasteiger partial charge in [-0.3, -0.25) is 0 Å². The zero-order valence-electron chi connectivity index (χ0n) is 22.1. The Hall–Kier alpha value is -3.02. The Balaban J connectivity index is 1.41. The van der Waals surface area contributed by atoms with Crippen molar-refractivity contribution in [3.8, 4) is 28.4 Å². The third-order valence-electron chi connectivity index (χ3n) is 7.73. The van der Waals surface area contributed by atoms with Gasteiger partial charge < -0.3 is 9.47 Å². The van der Waals surface area contributed by atoms with Crippen molar-refractivity contribution < 1.29 is 27.0 Å². The van der Waals surface area contributed by atoms with E-state index in [-0.39, 0.29) is 17.2 Å². The summed E-state index contributed by atoms with van der Waals surface area (Å²) in [4.78, 5) is 0. The van der Waals surface area contributed by atoms with Crippen LogP contribution in [0.15, 0.2) is 54.6 Å². The fraction of sp³-hybridized carbons (Fsp3) is 0.438. The zero-order chi connectivity index (χ0) is 27.1. The number of hydrogen-bond acceptors (Lipinski definition) is 2. The SMILES string of the molecule is CCCCC1CCC(CCc2ccc(-c3cc(F)c(F)c(Oc4ccc(OC(F)F)cc4)c3C)cc2)CC1. The first kappa shape index (κ1) is 28.0. The highest BCUT2D eigenvalue weighted by atomic mass is 19.3. The smallest absolute Gasteiger partial charge is 0.387 e. The van der Waals surface area contributed by atoms with Gasteiger partial charge >= 0.3 is 6.61 Å². The Morgan fingerprint density at radius 1 is 0.842 bits per heavy atom. The first-order chi connectivity index (χ1) is 18.3. The van der Waals surface area contributed by atoms with Crippen molar-refractivity contribution in [1.29, 1.82) is 0 Å². The van der Waals surface area contributed by atoms with E-state index in [4.69, 9.17) is 4.74 Å². The summed E-state index contributed by atoms with van der Waals surface area (Å²) in [5.41, 5.74) is 3.00. The Morgan fingerprint density at radius 3 is 2.05 bits per heavy atom. The average molecular weight is 529 g/mol. The Labute approximate surface area is 223 Å². The van der Waals surface area contributed by atoms with E-state index in [1.807, 2.05) is 12.1 Å². The summed E-state index contributed by atoms with van der Waals surface area (Å²) in [6.07, 6.45) is 11.6. The fourth-order valence-electron chi connectivity index (χ4n) is 5.45. The van der Waals surface area contributed by atoms with Gasteiger partial charge in [-0.1, -0.05) is 76.1 Å². The van der Waals surface area contributed by atoms with Gasteiger partial charge in [-0.25, -0.2) is 4.39 Å². The van der Waals surface area contributed by atoms with Crippen LogP contribution in [0.3, 0.4) is 0 Å². The molecule has 0 bridgehead atoms. The molecule has 3 aromatic rings. The number of halogens is 4. The van der Waals surface area contributed by atoms with E-state index < -0.39 is 18.2 Å². The van der Waals surface area contributed by atoms with Gasteiger partial charge in [0.1, 0.15) is 11.5 Å². The standard InChI is InChI=1S/C32H36F4O2/c1-3-4-5-22-6-8-23(9-7-22)10-11-24-12-14-25(15-13-24)28-20-29(33)30(34)31(21(28)2)37-26-16-18-27(19-17-26)38-32(35)36/h12-20,22-23,32H,3-11H2,1-2H3. The van der Waals surface area contributed by atoms with E-state index >= 15 is 0 Å². The topological polar surface area (TPSA) is 18.5 Å². The largest absolute Gasteiger partial charge is 0.454 e. The molecule has 1 fully saturated rings. The van der Waals surface area contributed by atoms with Gasteiger partial charge in [0.05, 0.1) is 0 Å². The van der Waals surface area contributed by atoms with Crippen LogP contribution in [0.25, 0.3) is 11.1 Å². The molecule has 0 aliphatic heterocycles. The molecule has 0 heterocycles. The van der Waals surface area contributed by atoms with Crippen molar-refractivity contribution in [2.75, 3.05) is 0 Å². The van der Waals surface area contributed by atoms with Crippen LogP contribution in [0.1, 0.15) is 69.4 Å². The summed E-state index contributed by atoms with van der Waals surface area (Å²) in [6, 6.07) is 14.5. The minimum atomic E-state index is -2.95. The molecule has 2 nitrogen and oxygen atoms in total.